The van der Waals surface area contributed by atoms with Gasteiger partial charge < -0.3 is 15.4 Å². The SMILES string of the molecule is C[C@H]1OCCN[C@@H]1C(=O)NCC1(c2ccc(Cl)cc2)CC1. The Morgan fingerprint density at radius 3 is 2.76 bits per heavy atom. The number of morpholine rings is 1. The van der Waals surface area contributed by atoms with E-state index in [4.69, 9.17) is 16.3 Å². The summed E-state index contributed by atoms with van der Waals surface area (Å²) in [7, 11) is 0. The fraction of sp³-hybridized carbons (Fsp3) is 0.562. The lowest BCUT2D eigenvalue weighted by Gasteiger charge is -2.30. The average Bonchev–Trinajstić information content (AvgIpc) is 3.27. The zero-order chi connectivity index (χ0) is 14.9. The van der Waals surface area contributed by atoms with E-state index in [0.717, 1.165) is 24.4 Å². The third-order valence-electron chi connectivity index (χ3n) is 4.51. The molecule has 1 aliphatic carbocycles. The summed E-state index contributed by atoms with van der Waals surface area (Å²) in [6.45, 7) is 4.01. The van der Waals surface area contributed by atoms with Gasteiger partial charge in [0.2, 0.25) is 5.91 Å². The smallest absolute Gasteiger partial charge is 0.239 e. The topological polar surface area (TPSA) is 50.4 Å². The zero-order valence-electron chi connectivity index (χ0n) is 12.2. The van der Waals surface area contributed by atoms with Crippen molar-refractivity contribution in [3.8, 4) is 0 Å². The maximum Gasteiger partial charge on any atom is 0.239 e. The van der Waals surface area contributed by atoms with Crippen LogP contribution in [0.1, 0.15) is 25.3 Å². The molecule has 0 bridgehead atoms. The average molecular weight is 309 g/mol. The van der Waals surface area contributed by atoms with Gasteiger partial charge in [-0.25, -0.2) is 0 Å². The van der Waals surface area contributed by atoms with Crippen molar-refractivity contribution in [2.75, 3.05) is 19.7 Å². The van der Waals surface area contributed by atoms with Crippen molar-refractivity contribution in [2.24, 2.45) is 0 Å². The molecular formula is C16H21ClN2O2. The minimum absolute atomic E-state index is 0.0300. The first-order chi connectivity index (χ1) is 10.1. The molecule has 1 saturated carbocycles. The molecule has 2 N–H and O–H groups in total. The van der Waals surface area contributed by atoms with Gasteiger partial charge in [0.05, 0.1) is 12.7 Å². The summed E-state index contributed by atoms with van der Waals surface area (Å²) >= 11 is 5.94. The molecule has 3 rings (SSSR count). The first-order valence-electron chi connectivity index (χ1n) is 7.49. The highest BCUT2D eigenvalue weighted by Gasteiger charge is 2.44. The van der Waals surface area contributed by atoms with E-state index < -0.39 is 0 Å². The summed E-state index contributed by atoms with van der Waals surface area (Å²) in [6.07, 6.45) is 2.14. The highest BCUT2D eigenvalue weighted by Crippen LogP contribution is 2.47. The lowest BCUT2D eigenvalue weighted by Crippen LogP contribution is -2.56. The molecule has 114 valence electrons. The van der Waals surface area contributed by atoms with E-state index in [2.05, 4.69) is 22.8 Å². The van der Waals surface area contributed by atoms with Gasteiger partial charge in [0, 0.05) is 23.5 Å². The lowest BCUT2D eigenvalue weighted by molar-refractivity contribution is -0.129. The quantitative estimate of drug-likeness (QED) is 0.893. The molecule has 0 radical (unpaired) electrons. The molecule has 0 spiro atoms. The number of halogens is 1. The largest absolute Gasteiger partial charge is 0.375 e. The van der Waals surface area contributed by atoms with Crippen LogP contribution < -0.4 is 10.6 Å². The molecular weight excluding hydrogens is 288 g/mol. The van der Waals surface area contributed by atoms with Crippen molar-refractivity contribution in [3.05, 3.63) is 34.9 Å². The van der Waals surface area contributed by atoms with Crippen LogP contribution >= 0.6 is 11.6 Å². The van der Waals surface area contributed by atoms with E-state index in [1.807, 2.05) is 19.1 Å². The Kier molecular flexibility index (Phi) is 4.20. The predicted molar refractivity (Wildman–Crippen MR) is 82.6 cm³/mol. The summed E-state index contributed by atoms with van der Waals surface area (Å²) < 4.78 is 5.52. The third-order valence-corrected chi connectivity index (χ3v) is 4.76. The first kappa shape index (κ1) is 14.8. The molecule has 1 amide bonds. The molecule has 2 fully saturated rings. The second kappa shape index (κ2) is 5.95. The Morgan fingerprint density at radius 1 is 1.43 bits per heavy atom. The summed E-state index contributed by atoms with van der Waals surface area (Å²) in [6, 6.07) is 7.70. The molecule has 2 aliphatic rings. The Hall–Kier alpha value is -1.10. The van der Waals surface area contributed by atoms with Gasteiger partial charge in [-0.1, -0.05) is 23.7 Å². The summed E-state index contributed by atoms with van der Waals surface area (Å²) in [4.78, 5) is 12.3. The van der Waals surface area contributed by atoms with Crippen LogP contribution in [-0.2, 0) is 14.9 Å². The van der Waals surface area contributed by atoms with E-state index in [0.29, 0.717) is 13.2 Å². The number of nitrogens with one attached hydrogen (secondary N) is 2. The van der Waals surface area contributed by atoms with Gasteiger partial charge >= 0.3 is 0 Å². The zero-order valence-corrected chi connectivity index (χ0v) is 13.0. The van der Waals surface area contributed by atoms with E-state index in [-0.39, 0.29) is 23.5 Å². The number of hydrogen-bond donors (Lipinski definition) is 2. The van der Waals surface area contributed by atoms with Crippen molar-refractivity contribution in [3.63, 3.8) is 0 Å². The van der Waals surface area contributed by atoms with Gasteiger partial charge in [-0.15, -0.1) is 0 Å². The van der Waals surface area contributed by atoms with Crippen molar-refractivity contribution < 1.29 is 9.53 Å². The van der Waals surface area contributed by atoms with E-state index in [1.54, 1.807) is 0 Å². The minimum Gasteiger partial charge on any atom is -0.375 e. The van der Waals surface area contributed by atoms with E-state index in [1.165, 1.54) is 5.56 Å². The summed E-state index contributed by atoms with van der Waals surface area (Å²) in [5.74, 6) is 0.0300. The van der Waals surface area contributed by atoms with Crippen LogP contribution in [0.15, 0.2) is 24.3 Å². The highest BCUT2D eigenvalue weighted by atomic mass is 35.5. The molecule has 0 aromatic heterocycles. The van der Waals surface area contributed by atoms with E-state index in [9.17, 15) is 4.79 Å². The maximum atomic E-state index is 12.3. The van der Waals surface area contributed by atoms with E-state index >= 15 is 0 Å². The van der Waals surface area contributed by atoms with Gasteiger partial charge in [0.1, 0.15) is 6.04 Å². The van der Waals surface area contributed by atoms with Crippen LogP contribution in [0.4, 0.5) is 0 Å². The summed E-state index contributed by atoms with van der Waals surface area (Å²) in [5, 5.41) is 7.05. The van der Waals surface area contributed by atoms with Crippen LogP contribution in [0.2, 0.25) is 5.02 Å². The van der Waals surface area contributed by atoms with Gasteiger partial charge in [0.25, 0.3) is 0 Å². The van der Waals surface area contributed by atoms with Gasteiger partial charge in [-0.3, -0.25) is 4.79 Å². The van der Waals surface area contributed by atoms with Crippen LogP contribution in [0.25, 0.3) is 0 Å². The standard InChI is InChI=1S/C16H21ClN2O2/c1-11-14(18-8-9-21-11)15(20)19-10-16(6-7-16)12-2-4-13(17)5-3-12/h2-5,11,14,18H,6-10H2,1H3,(H,19,20)/t11-,14+/m1/s1. The number of amides is 1. The Labute approximate surface area is 130 Å². The number of carbonyl (C=O) groups excluding carboxylic acids is 1. The van der Waals surface area contributed by atoms with Crippen LogP contribution in [0.5, 0.6) is 0 Å². The molecule has 2 atom stereocenters. The number of carbonyl (C=O) groups is 1. The van der Waals surface area contributed by atoms with Gasteiger partial charge in [-0.05, 0) is 37.5 Å². The molecule has 1 heterocycles. The fourth-order valence-electron chi connectivity index (χ4n) is 2.92. The Bertz CT molecular complexity index is 514. The number of benzene rings is 1. The second-order valence-corrected chi connectivity index (χ2v) is 6.45. The molecule has 1 aromatic rings. The second-order valence-electron chi connectivity index (χ2n) is 6.01. The number of ether oxygens (including phenoxy) is 1. The fourth-order valence-corrected chi connectivity index (χ4v) is 3.04. The Balaban J connectivity index is 1.59. The molecule has 1 saturated heterocycles. The normalized spacial score (nSPS) is 27.1. The van der Waals surface area contributed by atoms with Crippen LogP contribution in [0, 0.1) is 0 Å². The predicted octanol–water partition coefficient (Wildman–Crippen LogP) is 1.86. The highest BCUT2D eigenvalue weighted by molar-refractivity contribution is 6.30. The van der Waals surface area contributed by atoms with Crippen LogP contribution in [0.3, 0.4) is 0 Å². The minimum atomic E-state index is -0.250. The first-order valence-corrected chi connectivity index (χ1v) is 7.87. The Morgan fingerprint density at radius 2 is 2.14 bits per heavy atom. The van der Waals surface area contributed by atoms with Crippen molar-refractivity contribution in [1.82, 2.24) is 10.6 Å². The third kappa shape index (κ3) is 3.23. The van der Waals surface area contributed by atoms with Gasteiger partial charge in [0.15, 0.2) is 0 Å². The maximum absolute atomic E-state index is 12.3. The van der Waals surface area contributed by atoms with Crippen molar-refractivity contribution in [2.45, 2.75) is 37.3 Å². The molecule has 21 heavy (non-hydrogen) atoms. The molecule has 1 aromatic carbocycles. The number of hydrogen-bond acceptors (Lipinski definition) is 3. The number of rotatable bonds is 4. The molecule has 5 heteroatoms. The lowest BCUT2D eigenvalue weighted by atomic mass is 9.96. The van der Waals surface area contributed by atoms with Crippen molar-refractivity contribution >= 4 is 17.5 Å². The molecule has 1 aliphatic heterocycles. The molecule has 4 nitrogen and oxygen atoms in total. The summed E-state index contributed by atoms with van der Waals surface area (Å²) in [5.41, 5.74) is 1.35. The van der Waals surface area contributed by atoms with Gasteiger partial charge in [-0.2, -0.15) is 0 Å². The molecule has 0 unspecified atom stereocenters. The monoisotopic (exact) mass is 308 g/mol. The van der Waals surface area contributed by atoms with Crippen LogP contribution in [-0.4, -0.2) is 37.7 Å². The van der Waals surface area contributed by atoms with Crippen molar-refractivity contribution in [1.29, 1.82) is 0 Å².